The molecule has 0 amide bonds. The van der Waals surface area contributed by atoms with Gasteiger partial charge in [-0.3, -0.25) is 19.2 Å². The molecule has 25 heteroatoms. The Kier molecular flexibility index (Phi) is 60.8. The van der Waals surface area contributed by atoms with Gasteiger partial charge in [-0.05, 0) is 64.2 Å². The van der Waals surface area contributed by atoms with Gasteiger partial charge in [-0.2, -0.15) is 0 Å². The highest BCUT2D eigenvalue weighted by Gasteiger charge is 2.07. The van der Waals surface area contributed by atoms with E-state index in [2.05, 4.69) is 0 Å². The van der Waals surface area contributed by atoms with Crippen LogP contribution in [0.2, 0.25) is 0 Å². The first kappa shape index (κ1) is 71.9. The second-order valence-corrected chi connectivity index (χ2v) is 15.8. The molecule has 0 aliphatic heterocycles. The Bertz CT molecular complexity index is 1240. The Morgan fingerprint density at radius 2 is 0.467 bits per heavy atom. The molecule has 0 bridgehead atoms. The number of aldehydes is 1. The lowest BCUT2D eigenvalue weighted by atomic mass is 10.2. The molecule has 0 unspecified atom stereocenters. The molecular weight excluding hydrogens is 1000 g/mol. The first-order valence-corrected chi connectivity index (χ1v) is 26.3. The third kappa shape index (κ3) is 63.3. The average Bonchev–Trinajstić information content (AvgIpc) is 3.40. The number of hydrogen-bond acceptors (Lipinski definition) is 25. The summed E-state index contributed by atoms with van der Waals surface area (Å²) >= 11 is 0. The predicted molar refractivity (Wildman–Crippen MR) is 264 cm³/mol. The maximum absolute atomic E-state index is 11.9. The van der Waals surface area contributed by atoms with Crippen LogP contribution < -0.4 is 0 Å². The minimum absolute atomic E-state index is 0.0167. The van der Waals surface area contributed by atoms with Crippen LogP contribution in [0.5, 0.6) is 0 Å². The van der Waals surface area contributed by atoms with Crippen LogP contribution in [0.4, 0.5) is 0 Å². The Hall–Kier alpha value is -3.09. The van der Waals surface area contributed by atoms with Gasteiger partial charge in [0.15, 0.2) is 0 Å². The molecule has 0 aromatic heterocycles. The van der Waals surface area contributed by atoms with Gasteiger partial charge in [0.25, 0.3) is 0 Å². The molecule has 0 saturated heterocycles. The SMILES string of the molecule is O=CCCCCOCOCCOCCOC(=O)CCCCOCOCCOCCOC(=O)CCCCOCOCCOCCOC(=O)CCCCOCOCCOCCOC(=O)CCCCOCOCCOCCO. The molecule has 0 heterocycles. The Labute approximate surface area is 443 Å². The summed E-state index contributed by atoms with van der Waals surface area (Å²) in [4.78, 5) is 57.7. The number of unbranched alkanes of at least 4 members (excludes halogenated alkanes) is 6. The van der Waals surface area contributed by atoms with Crippen LogP contribution in [0.25, 0.3) is 0 Å². The monoisotopic (exact) mass is 1090 g/mol. The summed E-state index contributed by atoms with van der Waals surface area (Å²) in [5.41, 5.74) is 0. The van der Waals surface area contributed by atoms with Crippen LogP contribution in [0, 0.1) is 0 Å². The summed E-state index contributed by atoms with van der Waals surface area (Å²) in [6.07, 6.45) is 9.48. The number of esters is 4. The van der Waals surface area contributed by atoms with E-state index < -0.39 is 0 Å². The molecule has 0 aliphatic carbocycles. The lowest BCUT2D eigenvalue weighted by Gasteiger charge is -2.09. The van der Waals surface area contributed by atoms with Crippen molar-refractivity contribution in [2.75, 3.05) is 199 Å². The zero-order valence-electron chi connectivity index (χ0n) is 44.6. The maximum atomic E-state index is 11.9. The van der Waals surface area contributed by atoms with E-state index in [1.807, 2.05) is 0 Å². The summed E-state index contributed by atoms with van der Waals surface area (Å²) in [6, 6.07) is 0. The van der Waals surface area contributed by atoms with E-state index in [0.29, 0.717) is 170 Å². The van der Waals surface area contributed by atoms with Crippen molar-refractivity contribution in [2.24, 2.45) is 0 Å². The minimum Gasteiger partial charge on any atom is -0.463 e. The summed E-state index contributed by atoms with van der Waals surface area (Å²) < 4.78 is 101. The van der Waals surface area contributed by atoms with Crippen molar-refractivity contribution < 1.29 is 119 Å². The summed E-state index contributed by atoms with van der Waals surface area (Å²) in [6.45, 7) is 8.52. The highest BCUT2D eigenvalue weighted by atomic mass is 16.7. The van der Waals surface area contributed by atoms with Crippen LogP contribution >= 0.6 is 0 Å². The van der Waals surface area contributed by atoms with E-state index >= 15 is 0 Å². The van der Waals surface area contributed by atoms with Gasteiger partial charge in [0, 0.05) is 65.1 Å². The largest absolute Gasteiger partial charge is 0.463 e. The number of aliphatic hydroxyl groups is 1. The molecule has 25 nitrogen and oxygen atoms in total. The molecule has 0 aromatic rings. The Balaban J connectivity index is 3.28. The highest BCUT2D eigenvalue weighted by Crippen LogP contribution is 2.03. The molecule has 0 radical (unpaired) electrons. The number of carbonyl (C=O) groups is 5. The van der Waals surface area contributed by atoms with E-state index in [1.165, 1.54) is 0 Å². The van der Waals surface area contributed by atoms with Crippen molar-refractivity contribution in [3.05, 3.63) is 0 Å². The topological polar surface area (TPSA) is 281 Å². The van der Waals surface area contributed by atoms with Gasteiger partial charge >= 0.3 is 23.9 Å². The Morgan fingerprint density at radius 1 is 0.253 bits per heavy atom. The lowest BCUT2D eigenvalue weighted by molar-refractivity contribution is -0.146. The number of ether oxygens (including phenoxy) is 19. The third-order valence-electron chi connectivity index (χ3n) is 9.43. The van der Waals surface area contributed by atoms with Gasteiger partial charge in [-0.15, -0.1) is 0 Å². The molecule has 0 aliphatic rings. The fourth-order valence-electron chi connectivity index (χ4n) is 5.52. The molecule has 442 valence electrons. The lowest BCUT2D eigenvalue weighted by Crippen LogP contribution is -2.14. The summed E-state index contributed by atoms with van der Waals surface area (Å²) in [7, 11) is 0. The number of rotatable bonds is 64. The number of hydrogen-bond donors (Lipinski definition) is 1. The van der Waals surface area contributed by atoms with Crippen molar-refractivity contribution in [2.45, 2.75) is 96.3 Å². The molecule has 1 N–H and O–H groups in total. The quantitative estimate of drug-likeness (QED) is 0.0301. The number of aliphatic hydroxyl groups excluding tert-OH is 1. The predicted octanol–water partition coefficient (Wildman–Crippen LogP) is 3.24. The molecular formula is C50H92O25. The van der Waals surface area contributed by atoms with Gasteiger partial charge in [0.1, 0.15) is 66.7 Å². The Morgan fingerprint density at radius 3 is 0.720 bits per heavy atom. The van der Waals surface area contributed by atoms with E-state index in [1.54, 1.807) is 0 Å². The summed E-state index contributed by atoms with van der Waals surface area (Å²) in [5, 5.41) is 8.60. The van der Waals surface area contributed by atoms with Crippen molar-refractivity contribution in [1.29, 1.82) is 0 Å². The van der Waals surface area contributed by atoms with Gasteiger partial charge in [0.05, 0.1) is 106 Å². The standard InChI is InChI=1S/C50H92O25/c51-16-6-1-7-18-62-42-68-30-25-58-34-38-72-48(54)13-3-9-20-64-44-70-32-27-60-36-40-74-50(56)15-5-11-22-66-46-71-33-28-61-37-41-75-49(55)14-4-10-21-65-45-69-31-26-59-35-39-73-47(53)12-2-8-19-63-43-67-29-24-57-23-17-52/h16,52H,1-15,17-46H2. The molecule has 0 atom stereocenters. The van der Waals surface area contributed by atoms with Crippen molar-refractivity contribution >= 4 is 30.2 Å². The van der Waals surface area contributed by atoms with Gasteiger partial charge in [-0.1, -0.05) is 0 Å². The van der Waals surface area contributed by atoms with Crippen LogP contribution in [0.15, 0.2) is 0 Å². The molecule has 75 heavy (non-hydrogen) atoms. The zero-order chi connectivity index (χ0) is 54.3. The third-order valence-corrected chi connectivity index (χ3v) is 9.43. The van der Waals surface area contributed by atoms with E-state index in [-0.39, 0.29) is 137 Å². The van der Waals surface area contributed by atoms with Crippen LogP contribution in [0.1, 0.15) is 96.3 Å². The van der Waals surface area contributed by atoms with Gasteiger partial charge < -0.3 is 99.9 Å². The van der Waals surface area contributed by atoms with Gasteiger partial charge in [-0.25, -0.2) is 0 Å². The van der Waals surface area contributed by atoms with Crippen LogP contribution in [-0.4, -0.2) is 234 Å². The van der Waals surface area contributed by atoms with Crippen LogP contribution in [0.3, 0.4) is 0 Å². The van der Waals surface area contributed by atoms with Crippen molar-refractivity contribution in [1.82, 2.24) is 0 Å². The molecule has 0 saturated carbocycles. The first-order chi connectivity index (χ1) is 37.0. The van der Waals surface area contributed by atoms with Crippen LogP contribution in [-0.2, 0) is 114 Å². The second-order valence-electron chi connectivity index (χ2n) is 15.8. The van der Waals surface area contributed by atoms with E-state index in [4.69, 9.17) is 95.1 Å². The van der Waals surface area contributed by atoms with Gasteiger partial charge in [0.2, 0.25) is 0 Å². The van der Waals surface area contributed by atoms with Crippen molar-refractivity contribution in [3.63, 3.8) is 0 Å². The average molecular weight is 1090 g/mol. The minimum atomic E-state index is -0.305. The zero-order valence-corrected chi connectivity index (χ0v) is 44.6. The van der Waals surface area contributed by atoms with E-state index in [0.717, 1.165) is 19.1 Å². The molecule has 0 rings (SSSR count). The fraction of sp³-hybridized carbons (Fsp3) is 0.900. The van der Waals surface area contributed by atoms with E-state index in [9.17, 15) is 24.0 Å². The normalized spacial score (nSPS) is 11.3. The fourth-order valence-corrected chi connectivity index (χ4v) is 5.52. The van der Waals surface area contributed by atoms with Crippen molar-refractivity contribution in [3.8, 4) is 0 Å². The smallest absolute Gasteiger partial charge is 0.305 e. The molecule has 0 fully saturated rings. The molecule has 0 spiro atoms. The summed E-state index contributed by atoms with van der Waals surface area (Å²) in [5.74, 6) is -1.18. The maximum Gasteiger partial charge on any atom is 0.305 e. The second kappa shape index (κ2) is 63.4. The first-order valence-electron chi connectivity index (χ1n) is 26.3. The molecule has 0 aromatic carbocycles. The number of carbonyl (C=O) groups excluding carboxylic acids is 5. The highest BCUT2D eigenvalue weighted by molar-refractivity contribution is 5.70.